The molecule has 1 saturated heterocycles. The van der Waals surface area contributed by atoms with Crippen molar-refractivity contribution in [3.63, 3.8) is 0 Å². The molecule has 1 aromatic rings. The number of sulfonamides is 1. The Kier molecular flexibility index (Phi) is 4.13. The van der Waals surface area contributed by atoms with Crippen molar-refractivity contribution < 1.29 is 8.42 Å². The van der Waals surface area contributed by atoms with E-state index < -0.39 is 10.0 Å². The topological polar surface area (TPSA) is 37.4 Å². The predicted molar refractivity (Wildman–Crippen MR) is 86.6 cm³/mol. The maximum Gasteiger partial charge on any atom is 0.243 e. The van der Waals surface area contributed by atoms with Gasteiger partial charge < -0.3 is 0 Å². The zero-order chi connectivity index (χ0) is 15.8. The fourth-order valence-corrected chi connectivity index (χ4v) is 4.24. The Balaban J connectivity index is 2.40. The van der Waals surface area contributed by atoms with Crippen molar-refractivity contribution in [2.75, 3.05) is 13.1 Å². The standard InChI is InChI=1S/C17H23NO2S/c1-6-15-11-18(12-17(15,5)13(2)3)21(19,20)16-9-7-14(4)8-10-16/h6-10H,2,11-12H2,1,3-5H3/b15-6+. The molecule has 1 fully saturated rings. The van der Waals surface area contributed by atoms with Gasteiger partial charge in [-0.1, -0.05) is 42.8 Å². The van der Waals surface area contributed by atoms with Crippen molar-refractivity contribution in [3.8, 4) is 0 Å². The number of nitrogens with zero attached hydrogens (tertiary/aromatic N) is 1. The summed E-state index contributed by atoms with van der Waals surface area (Å²) in [7, 11) is -3.45. The van der Waals surface area contributed by atoms with Crippen LogP contribution in [0.3, 0.4) is 0 Å². The fourth-order valence-electron chi connectivity index (χ4n) is 2.72. The van der Waals surface area contributed by atoms with Gasteiger partial charge in [-0.2, -0.15) is 4.31 Å². The molecule has 3 nitrogen and oxygen atoms in total. The van der Waals surface area contributed by atoms with E-state index in [4.69, 9.17) is 0 Å². The third kappa shape index (κ3) is 2.70. The highest BCUT2D eigenvalue weighted by Gasteiger charge is 2.43. The lowest BCUT2D eigenvalue weighted by atomic mass is 9.79. The second kappa shape index (κ2) is 5.43. The summed E-state index contributed by atoms with van der Waals surface area (Å²) in [5, 5.41) is 0. The second-order valence-electron chi connectivity index (χ2n) is 6.01. The van der Waals surface area contributed by atoms with Crippen LogP contribution < -0.4 is 0 Å². The maximum absolute atomic E-state index is 12.8. The van der Waals surface area contributed by atoms with E-state index in [2.05, 4.69) is 13.5 Å². The van der Waals surface area contributed by atoms with Crippen LogP contribution in [0.5, 0.6) is 0 Å². The third-order valence-corrected chi connectivity index (χ3v) is 6.30. The van der Waals surface area contributed by atoms with Gasteiger partial charge in [0.2, 0.25) is 10.0 Å². The molecule has 1 atom stereocenters. The minimum absolute atomic E-state index is 0.271. The van der Waals surface area contributed by atoms with Crippen LogP contribution in [0.15, 0.2) is 53.0 Å². The van der Waals surface area contributed by atoms with Gasteiger partial charge in [0, 0.05) is 18.5 Å². The normalized spacial score (nSPS) is 25.4. The van der Waals surface area contributed by atoms with E-state index in [9.17, 15) is 8.42 Å². The van der Waals surface area contributed by atoms with Crippen LogP contribution in [-0.2, 0) is 10.0 Å². The Morgan fingerprint density at radius 1 is 1.33 bits per heavy atom. The van der Waals surface area contributed by atoms with Crippen LogP contribution in [0, 0.1) is 12.3 Å². The van der Waals surface area contributed by atoms with Gasteiger partial charge in [-0.05, 0) is 38.5 Å². The molecule has 21 heavy (non-hydrogen) atoms. The maximum atomic E-state index is 12.8. The van der Waals surface area contributed by atoms with Gasteiger partial charge in [0.05, 0.1) is 4.90 Å². The first kappa shape index (κ1) is 16.0. The predicted octanol–water partition coefficient (Wildman–Crippen LogP) is 3.53. The van der Waals surface area contributed by atoms with E-state index in [0.717, 1.165) is 16.7 Å². The molecule has 1 heterocycles. The Morgan fingerprint density at radius 3 is 2.33 bits per heavy atom. The second-order valence-corrected chi connectivity index (χ2v) is 7.95. The van der Waals surface area contributed by atoms with Crippen molar-refractivity contribution in [2.45, 2.75) is 32.6 Å². The summed E-state index contributed by atoms with van der Waals surface area (Å²) in [5.74, 6) is 0. The lowest BCUT2D eigenvalue weighted by Gasteiger charge is -2.26. The summed E-state index contributed by atoms with van der Waals surface area (Å²) in [6.07, 6.45) is 2.01. The van der Waals surface area contributed by atoms with Crippen molar-refractivity contribution in [1.29, 1.82) is 0 Å². The minimum Gasteiger partial charge on any atom is -0.207 e. The van der Waals surface area contributed by atoms with Gasteiger partial charge in [-0.25, -0.2) is 8.42 Å². The average molecular weight is 305 g/mol. The Bertz CT molecular complexity index is 686. The van der Waals surface area contributed by atoms with Gasteiger partial charge >= 0.3 is 0 Å². The molecule has 0 aromatic heterocycles. The zero-order valence-corrected chi connectivity index (χ0v) is 14.0. The van der Waals surface area contributed by atoms with Crippen LogP contribution in [-0.4, -0.2) is 25.8 Å². The van der Waals surface area contributed by atoms with Crippen molar-refractivity contribution in [1.82, 2.24) is 4.31 Å². The highest BCUT2D eigenvalue weighted by atomic mass is 32.2. The van der Waals surface area contributed by atoms with Crippen LogP contribution in [0.4, 0.5) is 0 Å². The van der Waals surface area contributed by atoms with Crippen molar-refractivity contribution in [3.05, 3.63) is 53.6 Å². The summed E-state index contributed by atoms with van der Waals surface area (Å²) in [6, 6.07) is 7.02. The quantitative estimate of drug-likeness (QED) is 0.801. The average Bonchev–Trinajstić information content (AvgIpc) is 2.78. The van der Waals surface area contributed by atoms with Crippen molar-refractivity contribution in [2.24, 2.45) is 5.41 Å². The molecule has 1 aromatic carbocycles. The van der Waals surface area contributed by atoms with E-state index in [-0.39, 0.29) is 5.41 Å². The molecule has 1 aliphatic rings. The Labute approximate surface area is 128 Å². The summed E-state index contributed by atoms with van der Waals surface area (Å²) >= 11 is 0. The van der Waals surface area contributed by atoms with Crippen LogP contribution >= 0.6 is 0 Å². The number of hydrogen-bond donors (Lipinski definition) is 0. The summed E-state index contributed by atoms with van der Waals surface area (Å²) < 4.78 is 27.1. The lowest BCUT2D eigenvalue weighted by Crippen LogP contribution is -2.31. The first-order valence-electron chi connectivity index (χ1n) is 7.10. The number of benzene rings is 1. The molecular formula is C17H23NO2S. The molecule has 0 spiro atoms. The number of allylic oxidation sites excluding steroid dienone is 1. The first-order valence-corrected chi connectivity index (χ1v) is 8.54. The molecule has 114 valence electrons. The van der Waals surface area contributed by atoms with Crippen LogP contribution in [0.2, 0.25) is 0 Å². The highest BCUT2D eigenvalue weighted by molar-refractivity contribution is 7.89. The molecule has 0 saturated carbocycles. The number of aryl methyl sites for hydroxylation is 1. The van der Waals surface area contributed by atoms with Crippen LogP contribution in [0.25, 0.3) is 0 Å². The van der Waals surface area contributed by atoms with Gasteiger partial charge in [0.15, 0.2) is 0 Å². The highest BCUT2D eigenvalue weighted by Crippen LogP contribution is 2.42. The fraction of sp³-hybridized carbons (Fsp3) is 0.412. The molecule has 0 aliphatic carbocycles. The summed E-state index contributed by atoms with van der Waals surface area (Å²) in [4.78, 5) is 0.356. The first-order chi connectivity index (χ1) is 9.71. The summed E-state index contributed by atoms with van der Waals surface area (Å²) in [5.41, 5.74) is 2.89. The molecule has 0 bridgehead atoms. The molecule has 2 rings (SSSR count). The molecule has 4 heteroatoms. The Hall–Kier alpha value is -1.39. The zero-order valence-electron chi connectivity index (χ0n) is 13.2. The van der Waals surface area contributed by atoms with Crippen LogP contribution in [0.1, 0.15) is 26.3 Å². The number of hydrogen-bond acceptors (Lipinski definition) is 2. The van der Waals surface area contributed by atoms with Crippen molar-refractivity contribution >= 4 is 10.0 Å². The van der Waals surface area contributed by atoms with E-state index in [1.807, 2.05) is 39.0 Å². The van der Waals surface area contributed by atoms with E-state index in [1.165, 1.54) is 0 Å². The van der Waals surface area contributed by atoms with E-state index in [1.54, 1.807) is 16.4 Å². The minimum atomic E-state index is -3.45. The monoisotopic (exact) mass is 305 g/mol. The lowest BCUT2D eigenvalue weighted by molar-refractivity contribution is 0.417. The van der Waals surface area contributed by atoms with E-state index >= 15 is 0 Å². The molecule has 1 unspecified atom stereocenters. The molecule has 0 N–H and O–H groups in total. The SMILES string of the molecule is C=C(C)C1(C)CN(S(=O)(=O)c2ccc(C)cc2)C/C1=C\C. The largest absolute Gasteiger partial charge is 0.243 e. The Morgan fingerprint density at radius 2 is 1.90 bits per heavy atom. The third-order valence-electron chi connectivity index (χ3n) is 4.50. The molecule has 0 amide bonds. The molecule has 1 aliphatic heterocycles. The smallest absolute Gasteiger partial charge is 0.207 e. The van der Waals surface area contributed by atoms with Gasteiger partial charge in [0.1, 0.15) is 0 Å². The number of rotatable bonds is 3. The van der Waals surface area contributed by atoms with Gasteiger partial charge in [-0.3, -0.25) is 0 Å². The molecule has 0 radical (unpaired) electrons. The van der Waals surface area contributed by atoms with Gasteiger partial charge in [0.25, 0.3) is 0 Å². The summed E-state index contributed by atoms with van der Waals surface area (Å²) in [6.45, 7) is 12.9. The van der Waals surface area contributed by atoms with E-state index in [0.29, 0.717) is 18.0 Å². The molecular weight excluding hydrogens is 282 g/mol. The van der Waals surface area contributed by atoms with Gasteiger partial charge in [-0.15, -0.1) is 0 Å².